The highest BCUT2D eigenvalue weighted by Gasteiger charge is 2.22. The number of amides is 1. The Morgan fingerprint density at radius 1 is 1.12 bits per heavy atom. The maximum Gasteiger partial charge on any atom is 0.341 e. The standard InChI is InChI=1S/C26H26N2O4/c29-24(28-26(20-14-15-27-16-20)19-6-2-1-3-7-19)13-12-18-8-4-10-22-21(18)9-5-11-23(22)32-17-25(30)31/h1-3,5-7,9,11-16,18,26-27H,4,8,10,17H2,(H,28,29)(H,30,31)/b13-12+. The molecule has 0 bridgehead atoms. The van der Waals surface area contributed by atoms with Gasteiger partial charge in [-0.3, -0.25) is 4.79 Å². The van der Waals surface area contributed by atoms with Crippen molar-refractivity contribution >= 4 is 11.9 Å². The Bertz CT molecular complexity index is 1090. The molecule has 0 aliphatic heterocycles. The zero-order valence-electron chi connectivity index (χ0n) is 17.7. The van der Waals surface area contributed by atoms with E-state index in [9.17, 15) is 9.59 Å². The van der Waals surface area contributed by atoms with Crippen LogP contribution in [0.25, 0.3) is 0 Å². The lowest BCUT2D eigenvalue weighted by Gasteiger charge is -2.25. The number of carboxylic acid groups (broad SMARTS) is 1. The number of fused-ring (bicyclic) bond motifs is 1. The molecular formula is C26H26N2O4. The highest BCUT2D eigenvalue weighted by atomic mass is 16.5. The van der Waals surface area contributed by atoms with Gasteiger partial charge in [0.05, 0.1) is 6.04 Å². The number of rotatable bonds is 8. The van der Waals surface area contributed by atoms with E-state index in [1.54, 1.807) is 6.08 Å². The number of aliphatic carboxylic acids is 1. The Morgan fingerprint density at radius 3 is 2.72 bits per heavy atom. The second kappa shape index (κ2) is 10.0. The Kier molecular flexibility index (Phi) is 6.70. The van der Waals surface area contributed by atoms with Gasteiger partial charge in [-0.2, -0.15) is 0 Å². The van der Waals surface area contributed by atoms with Gasteiger partial charge in [-0.05, 0) is 59.7 Å². The van der Waals surface area contributed by atoms with Crippen LogP contribution >= 0.6 is 0 Å². The average molecular weight is 431 g/mol. The van der Waals surface area contributed by atoms with E-state index in [1.807, 2.05) is 73.1 Å². The molecule has 1 heterocycles. The number of hydrogen-bond donors (Lipinski definition) is 3. The van der Waals surface area contributed by atoms with Gasteiger partial charge in [-0.15, -0.1) is 0 Å². The summed E-state index contributed by atoms with van der Waals surface area (Å²) in [7, 11) is 0. The highest BCUT2D eigenvalue weighted by molar-refractivity contribution is 5.88. The van der Waals surface area contributed by atoms with Crippen LogP contribution in [0, 0.1) is 0 Å². The fourth-order valence-electron chi connectivity index (χ4n) is 4.24. The number of aromatic nitrogens is 1. The first kappa shape index (κ1) is 21.4. The number of carbonyl (C=O) groups is 2. The summed E-state index contributed by atoms with van der Waals surface area (Å²) in [4.78, 5) is 26.8. The predicted molar refractivity (Wildman–Crippen MR) is 122 cm³/mol. The van der Waals surface area contributed by atoms with Crippen LogP contribution in [0.1, 0.15) is 47.1 Å². The molecule has 0 radical (unpaired) electrons. The van der Waals surface area contributed by atoms with Crippen molar-refractivity contribution in [3.63, 3.8) is 0 Å². The third-order valence-corrected chi connectivity index (χ3v) is 5.72. The molecule has 1 aliphatic rings. The fourth-order valence-corrected chi connectivity index (χ4v) is 4.24. The van der Waals surface area contributed by atoms with Crippen LogP contribution in [0.3, 0.4) is 0 Å². The normalized spacial score (nSPS) is 16.3. The van der Waals surface area contributed by atoms with Gasteiger partial charge in [0.25, 0.3) is 0 Å². The zero-order chi connectivity index (χ0) is 22.3. The first-order valence-electron chi connectivity index (χ1n) is 10.7. The number of H-pyrrole nitrogens is 1. The van der Waals surface area contributed by atoms with Gasteiger partial charge in [0, 0.05) is 18.3 Å². The summed E-state index contributed by atoms with van der Waals surface area (Å²) < 4.78 is 5.48. The van der Waals surface area contributed by atoms with E-state index in [-0.39, 0.29) is 24.5 Å². The van der Waals surface area contributed by atoms with Crippen LogP contribution < -0.4 is 10.1 Å². The van der Waals surface area contributed by atoms with Gasteiger partial charge in [0.15, 0.2) is 6.61 Å². The quantitative estimate of drug-likeness (QED) is 0.463. The molecule has 0 saturated carbocycles. The molecule has 2 atom stereocenters. The Morgan fingerprint density at radius 2 is 1.97 bits per heavy atom. The molecular weight excluding hydrogens is 404 g/mol. The van der Waals surface area contributed by atoms with Crippen molar-refractivity contribution in [3.8, 4) is 5.75 Å². The molecule has 3 N–H and O–H groups in total. The summed E-state index contributed by atoms with van der Waals surface area (Å²) >= 11 is 0. The van der Waals surface area contributed by atoms with Crippen molar-refractivity contribution in [1.29, 1.82) is 0 Å². The minimum absolute atomic E-state index is 0.0836. The SMILES string of the molecule is O=C(O)COc1cccc2c1CCCC2/C=C/C(=O)NC(c1ccccc1)c1cc[nH]c1. The first-order chi connectivity index (χ1) is 15.6. The van der Waals surface area contributed by atoms with Crippen LogP contribution in [-0.4, -0.2) is 28.6 Å². The number of aromatic amines is 1. The lowest BCUT2D eigenvalue weighted by atomic mass is 9.82. The summed E-state index contributed by atoms with van der Waals surface area (Å²) in [6.45, 7) is -0.362. The Balaban J connectivity index is 1.49. The Labute approximate surface area is 186 Å². The molecule has 0 fully saturated rings. The number of carbonyl (C=O) groups excluding carboxylic acids is 1. The Hall–Kier alpha value is -3.80. The largest absolute Gasteiger partial charge is 0.482 e. The predicted octanol–water partition coefficient (Wildman–Crippen LogP) is 4.36. The smallest absolute Gasteiger partial charge is 0.341 e. The van der Waals surface area contributed by atoms with Crippen LogP contribution in [0.15, 0.2) is 79.1 Å². The molecule has 1 aliphatic carbocycles. The van der Waals surface area contributed by atoms with E-state index in [0.29, 0.717) is 5.75 Å². The molecule has 32 heavy (non-hydrogen) atoms. The molecule has 1 aromatic heterocycles. The van der Waals surface area contributed by atoms with Crippen molar-refractivity contribution in [2.45, 2.75) is 31.2 Å². The minimum Gasteiger partial charge on any atom is -0.482 e. The van der Waals surface area contributed by atoms with Gasteiger partial charge in [-0.1, -0.05) is 48.5 Å². The molecule has 4 rings (SSSR count). The van der Waals surface area contributed by atoms with Gasteiger partial charge < -0.3 is 20.1 Å². The van der Waals surface area contributed by atoms with E-state index in [0.717, 1.165) is 41.5 Å². The molecule has 0 spiro atoms. The minimum atomic E-state index is -0.998. The van der Waals surface area contributed by atoms with Crippen molar-refractivity contribution in [3.05, 3.63) is 101 Å². The van der Waals surface area contributed by atoms with E-state index in [1.165, 1.54) is 0 Å². The summed E-state index contributed by atoms with van der Waals surface area (Å²) in [5.41, 5.74) is 4.12. The maximum absolute atomic E-state index is 12.8. The second-order valence-corrected chi connectivity index (χ2v) is 7.86. The number of ether oxygens (including phenoxy) is 1. The topological polar surface area (TPSA) is 91.4 Å². The van der Waals surface area contributed by atoms with Crippen molar-refractivity contribution in [2.75, 3.05) is 6.61 Å². The summed E-state index contributed by atoms with van der Waals surface area (Å²) in [5.74, 6) is -0.461. The van der Waals surface area contributed by atoms with Crippen molar-refractivity contribution in [2.24, 2.45) is 0 Å². The molecule has 2 aromatic carbocycles. The van der Waals surface area contributed by atoms with Gasteiger partial charge in [0.2, 0.25) is 5.91 Å². The van der Waals surface area contributed by atoms with Gasteiger partial charge in [-0.25, -0.2) is 4.79 Å². The number of hydrogen-bond acceptors (Lipinski definition) is 3. The number of benzene rings is 2. The van der Waals surface area contributed by atoms with E-state index >= 15 is 0 Å². The fraction of sp³-hybridized carbons (Fsp3) is 0.231. The summed E-state index contributed by atoms with van der Waals surface area (Å²) in [6, 6.07) is 17.3. The number of carboxylic acids is 1. The van der Waals surface area contributed by atoms with Crippen LogP contribution in [0.2, 0.25) is 0 Å². The molecule has 2 unspecified atom stereocenters. The van der Waals surface area contributed by atoms with E-state index in [2.05, 4.69) is 10.3 Å². The lowest BCUT2D eigenvalue weighted by Crippen LogP contribution is -2.27. The maximum atomic E-state index is 12.8. The molecule has 0 saturated heterocycles. The third kappa shape index (κ3) is 5.09. The monoisotopic (exact) mass is 430 g/mol. The first-order valence-corrected chi connectivity index (χ1v) is 10.7. The van der Waals surface area contributed by atoms with Crippen molar-refractivity contribution in [1.82, 2.24) is 10.3 Å². The number of allylic oxidation sites excluding steroid dienone is 1. The average Bonchev–Trinajstić information content (AvgIpc) is 3.35. The van der Waals surface area contributed by atoms with Crippen LogP contribution in [0.4, 0.5) is 0 Å². The molecule has 1 amide bonds. The lowest BCUT2D eigenvalue weighted by molar-refractivity contribution is -0.139. The van der Waals surface area contributed by atoms with Crippen molar-refractivity contribution < 1.29 is 19.4 Å². The third-order valence-electron chi connectivity index (χ3n) is 5.72. The molecule has 6 heteroatoms. The van der Waals surface area contributed by atoms with Crippen LogP contribution in [-0.2, 0) is 16.0 Å². The van der Waals surface area contributed by atoms with Gasteiger partial charge in [0.1, 0.15) is 5.75 Å². The molecule has 6 nitrogen and oxygen atoms in total. The number of nitrogens with one attached hydrogen (secondary N) is 2. The second-order valence-electron chi connectivity index (χ2n) is 7.86. The highest BCUT2D eigenvalue weighted by Crippen LogP contribution is 2.37. The molecule has 164 valence electrons. The van der Waals surface area contributed by atoms with Gasteiger partial charge >= 0.3 is 5.97 Å². The van der Waals surface area contributed by atoms with E-state index in [4.69, 9.17) is 9.84 Å². The summed E-state index contributed by atoms with van der Waals surface area (Å²) in [6.07, 6.45) is 9.99. The molecule has 3 aromatic rings. The van der Waals surface area contributed by atoms with Crippen LogP contribution in [0.5, 0.6) is 5.75 Å². The zero-order valence-corrected chi connectivity index (χ0v) is 17.7. The van der Waals surface area contributed by atoms with E-state index < -0.39 is 5.97 Å². The summed E-state index contributed by atoms with van der Waals surface area (Å²) in [5, 5.41) is 12.0.